The lowest BCUT2D eigenvalue weighted by Gasteiger charge is -2.31. The number of aryl methyl sites for hydroxylation is 1. The molecule has 23 heavy (non-hydrogen) atoms. The highest BCUT2D eigenvalue weighted by atomic mass is 35.5. The maximum Gasteiger partial charge on any atom is 0.268 e. The van der Waals surface area contributed by atoms with Crippen molar-refractivity contribution in [2.75, 3.05) is 23.7 Å². The molecule has 0 saturated carbocycles. The van der Waals surface area contributed by atoms with Gasteiger partial charge in [-0.3, -0.25) is 4.31 Å². The van der Waals surface area contributed by atoms with Crippen molar-refractivity contribution < 1.29 is 13.2 Å². The quantitative estimate of drug-likeness (QED) is 0.861. The van der Waals surface area contributed by atoms with E-state index in [1.54, 1.807) is 0 Å². The summed E-state index contributed by atoms with van der Waals surface area (Å²) in [6.45, 7) is 0.422. The summed E-state index contributed by atoms with van der Waals surface area (Å²) in [5, 5.41) is 0.264. The van der Waals surface area contributed by atoms with Crippen LogP contribution < -0.4 is 14.8 Å². The van der Waals surface area contributed by atoms with Crippen molar-refractivity contribution in [2.24, 2.45) is 0 Å². The van der Waals surface area contributed by atoms with E-state index in [2.05, 4.69) is 0 Å². The molecule has 5 nitrogen and oxygen atoms in total. The van der Waals surface area contributed by atoms with Crippen LogP contribution >= 0.6 is 11.6 Å². The number of benzene rings is 2. The van der Waals surface area contributed by atoms with Crippen LogP contribution in [-0.2, 0) is 16.4 Å². The second-order valence-corrected chi connectivity index (χ2v) is 7.57. The Morgan fingerprint density at radius 3 is 2.74 bits per heavy atom. The summed E-state index contributed by atoms with van der Waals surface area (Å²) in [5.74, 6) is 0.187. The minimum atomic E-state index is -3.79. The number of halogens is 1. The van der Waals surface area contributed by atoms with Crippen LogP contribution in [0.25, 0.3) is 0 Å². The third-order valence-electron chi connectivity index (χ3n) is 3.92. The molecule has 0 bridgehead atoms. The van der Waals surface area contributed by atoms with Crippen LogP contribution in [0, 0.1) is 0 Å². The molecule has 2 N–H and O–H groups in total. The standard InChI is InChI=1S/C16H17ClN2O3S/c1-22-15-9-12(17)13(18)10-16(15)23(20,21)19-8-4-6-11-5-2-3-7-14(11)19/h2-3,5,7,9-10H,4,6,8,18H2,1H3. The smallest absolute Gasteiger partial charge is 0.268 e. The summed E-state index contributed by atoms with van der Waals surface area (Å²) in [6.07, 6.45) is 1.63. The van der Waals surface area contributed by atoms with E-state index in [0.29, 0.717) is 12.2 Å². The number of anilines is 2. The zero-order valence-electron chi connectivity index (χ0n) is 12.6. The number of rotatable bonds is 3. The van der Waals surface area contributed by atoms with Gasteiger partial charge in [-0.1, -0.05) is 29.8 Å². The summed E-state index contributed by atoms with van der Waals surface area (Å²) >= 11 is 5.97. The Labute approximate surface area is 140 Å². The highest BCUT2D eigenvalue weighted by Gasteiger charge is 2.31. The lowest BCUT2D eigenvalue weighted by molar-refractivity contribution is 0.402. The molecule has 0 saturated heterocycles. The van der Waals surface area contributed by atoms with Crippen LogP contribution in [0.1, 0.15) is 12.0 Å². The molecule has 122 valence electrons. The number of nitrogen functional groups attached to an aromatic ring is 1. The molecule has 0 aromatic heterocycles. The first-order valence-electron chi connectivity index (χ1n) is 7.19. The zero-order valence-corrected chi connectivity index (χ0v) is 14.2. The van der Waals surface area contributed by atoms with Crippen molar-refractivity contribution in [3.05, 3.63) is 47.0 Å². The van der Waals surface area contributed by atoms with Gasteiger partial charge in [-0.15, -0.1) is 0 Å². The molecular formula is C16H17ClN2O3S. The largest absolute Gasteiger partial charge is 0.495 e. The van der Waals surface area contributed by atoms with Crippen molar-refractivity contribution in [2.45, 2.75) is 17.7 Å². The summed E-state index contributed by atoms with van der Waals surface area (Å²) in [6, 6.07) is 10.3. The molecule has 1 aliphatic rings. The van der Waals surface area contributed by atoms with E-state index >= 15 is 0 Å². The number of hydrogen-bond acceptors (Lipinski definition) is 4. The molecule has 0 spiro atoms. The first-order chi connectivity index (χ1) is 10.9. The van der Waals surface area contributed by atoms with Crippen LogP contribution in [0.15, 0.2) is 41.3 Å². The van der Waals surface area contributed by atoms with Gasteiger partial charge >= 0.3 is 0 Å². The Hall–Kier alpha value is -1.92. The molecule has 2 aromatic carbocycles. The van der Waals surface area contributed by atoms with Gasteiger partial charge in [0.2, 0.25) is 0 Å². The summed E-state index contributed by atoms with van der Waals surface area (Å²) in [7, 11) is -2.38. The van der Waals surface area contributed by atoms with E-state index in [-0.39, 0.29) is 21.4 Å². The normalized spacial score (nSPS) is 14.4. The van der Waals surface area contributed by atoms with Gasteiger partial charge in [0.05, 0.1) is 23.5 Å². The van der Waals surface area contributed by atoms with Gasteiger partial charge in [0, 0.05) is 12.6 Å². The molecule has 1 heterocycles. The average Bonchev–Trinajstić information content (AvgIpc) is 2.56. The van der Waals surface area contributed by atoms with E-state index in [1.807, 2.05) is 24.3 Å². The van der Waals surface area contributed by atoms with Crippen molar-refractivity contribution in [3.8, 4) is 5.75 Å². The number of nitrogens with zero attached hydrogens (tertiary/aromatic N) is 1. The molecule has 2 aromatic rings. The second kappa shape index (κ2) is 5.94. The molecule has 0 fully saturated rings. The van der Waals surface area contributed by atoms with Crippen LogP contribution in [0.4, 0.5) is 11.4 Å². The number of fused-ring (bicyclic) bond motifs is 1. The predicted molar refractivity (Wildman–Crippen MR) is 91.7 cm³/mol. The molecule has 1 aliphatic heterocycles. The predicted octanol–water partition coefficient (Wildman–Crippen LogP) is 3.07. The lowest BCUT2D eigenvalue weighted by atomic mass is 10.0. The number of hydrogen-bond donors (Lipinski definition) is 1. The summed E-state index contributed by atoms with van der Waals surface area (Å²) in [5.41, 5.74) is 7.72. The topological polar surface area (TPSA) is 72.6 Å². The Morgan fingerprint density at radius 1 is 1.26 bits per heavy atom. The average molecular weight is 353 g/mol. The zero-order chi connectivity index (χ0) is 16.6. The molecule has 0 aliphatic carbocycles. The van der Waals surface area contributed by atoms with Crippen molar-refractivity contribution >= 4 is 33.0 Å². The summed E-state index contributed by atoms with van der Waals surface area (Å²) < 4.78 is 32.9. The van der Waals surface area contributed by atoms with E-state index in [9.17, 15) is 8.42 Å². The molecule has 0 amide bonds. The maximum absolute atomic E-state index is 13.1. The number of methoxy groups -OCH3 is 1. The fourth-order valence-electron chi connectivity index (χ4n) is 2.78. The van der Waals surface area contributed by atoms with Crippen molar-refractivity contribution in [3.63, 3.8) is 0 Å². The first-order valence-corrected chi connectivity index (χ1v) is 9.00. The van der Waals surface area contributed by atoms with Gasteiger partial charge in [-0.05, 0) is 30.5 Å². The third kappa shape index (κ3) is 2.72. The fourth-order valence-corrected chi connectivity index (χ4v) is 4.65. The van der Waals surface area contributed by atoms with Gasteiger partial charge in [-0.2, -0.15) is 0 Å². The Kier molecular flexibility index (Phi) is 4.12. The maximum atomic E-state index is 13.1. The number of nitrogens with two attached hydrogens (primary N) is 1. The molecule has 7 heteroatoms. The van der Waals surface area contributed by atoms with E-state index in [1.165, 1.54) is 23.5 Å². The minimum Gasteiger partial charge on any atom is -0.495 e. The Morgan fingerprint density at radius 2 is 2.00 bits per heavy atom. The number of sulfonamides is 1. The van der Waals surface area contributed by atoms with Crippen molar-refractivity contribution in [1.29, 1.82) is 0 Å². The first kappa shape index (κ1) is 16.0. The van der Waals surface area contributed by atoms with Crippen LogP contribution in [0.3, 0.4) is 0 Å². The van der Waals surface area contributed by atoms with Gasteiger partial charge in [0.25, 0.3) is 10.0 Å². The van der Waals surface area contributed by atoms with Crippen LogP contribution in [0.5, 0.6) is 5.75 Å². The molecule has 3 rings (SSSR count). The van der Waals surface area contributed by atoms with Gasteiger partial charge < -0.3 is 10.5 Å². The molecular weight excluding hydrogens is 336 g/mol. The Balaban J connectivity index is 2.16. The summed E-state index contributed by atoms with van der Waals surface area (Å²) in [4.78, 5) is 0.0265. The van der Waals surface area contributed by atoms with Gasteiger partial charge in [0.15, 0.2) is 0 Å². The number of para-hydroxylation sites is 1. The van der Waals surface area contributed by atoms with Crippen LogP contribution in [0.2, 0.25) is 5.02 Å². The van der Waals surface area contributed by atoms with Gasteiger partial charge in [0.1, 0.15) is 10.6 Å². The number of ether oxygens (including phenoxy) is 1. The highest BCUT2D eigenvalue weighted by molar-refractivity contribution is 7.93. The molecule has 0 unspecified atom stereocenters. The van der Waals surface area contributed by atoms with E-state index in [4.69, 9.17) is 22.1 Å². The second-order valence-electron chi connectivity index (χ2n) is 5.33. The fraction of sp³-hybridized carbons (Fsp3) is 0.250. The van der Waals surface area contributed by atoms with Crippen LogP contribution in [-0.4, -0.2) is 22.1 Å². The lowest BCUT2D eigenvalue weighted by Crippen LogP contribution is -2.35. The molecule has 0 atom stereocenters. The van der Waals surface area contributed by atoms with E-state index < -0.39 is 10.0 Å². The monoisotopic (exact) mass is 352 g/mol. The third-order valence-corrected chi connectivity index (χ3v) is 6.08. The Bertz CT molecular complexity index is 852. The molecule has 0 radical (unpaired) electrons. The van der Waals surface area contributed by atoms with Crippen molar-refractivity contribution in [1.82, 2.24) is 0 Å². The minimum absolute atomic E-state index is 0.0265. The SMILES string of the molecule is COc1cc(Cl)c(N)cc1S(=O)(=O)N1CCCc2ccccc21. The van der Waals surface area contributed by atoms with Gasteiger partial charge in [-0.25, -0.2) is 8.42 Å². The highest BCUT2D eigenvalue weighted by Crippen LogP contribution is 2.37. The van der Waals surface area contributed by atoms with E-state index in [0.717, 1.165) is 18.4 Å².